The van der Waals surface area contributed by atoms with Crippen molar-refractivity contribution in [2.75, 3.05) is 6.54 Å². The second-order valence-corrected chi connectivity index (χ2v) is 7.04. The van der Waals surface area contributed by atoms with Crippen LogP contribution in [0.25, 0.3) is 0 Å². The van der Waals surface area contributed by atoms with Crippen molar-refractivity contribution < 1.29 is 4.79 Å². The summed E-state index contributed by atoms with van der Waals surface area (Å²) in [5, 5.41) is 0. The molecule has 1 aromatic heterocycles. The smallest absolute Gasteiger partial charge is 0.272 e. The first-order valence-corrected chi connectivity index (χ1v) is 9.11. The van der Waals surface area contributed by atoms with Gasteiger partial charge in [-0.05, 0) is 48.8 Å². The third kappa shape index (κ3) is 2.83. The molecular formula is C21H24N2O. The topological polar surface area (TPSA) is 33.2 Å². The summed E-state index contributed by atoms with van der Waals surface area (Å²) in [5.74, 6) is 1.28. The lowest BCUT2D eigenvalue weighted by atomic mass is 9.69. The molecule has 3 nitrogen and oxygen atoms in total. The molecule has 2 aromatic rings. The lowest BCUT2D eigenvalue weighted by Crippen LogP contribution is -2.52. The van der Waals surface area contributed by atoms with Gasteiger partial charge in [0.2, 0.25) is 0 Å². The molecule has 1 saturated heterocycles. The summed E-state index contributed by atoms with van der Waals surface area (Å²) in [5.41, 5.74) is 2.03. The number of pyridine rings is 1. The first-order valence-electron chi connectivity index (χ1n) is 9.11. The predicted octanol–water partition coefficient (Wildman–Crippen LogP) is 4.27. The van der Waals surface area contributed by atoms with Crippen LogP contribution in [0.5, 0.6) is 0 Å². The molecule has 1 aliphatic carbocycles. The Kier molecular flexibility index (Phi) is 4.33. The van der Waals surface area contributed by atoms with Crippen LogP contribution in [0, 0.1) is 5.92 Å². The number of nitrogens with zero attached hydrogens (tertiary/aromatic N) is 2. The minimum absolute atomic E-state index is 0.110. The highest BCUT2D eigenvalue weighted by Gasteiger charge is 2.41. The van der Waals surface area contributed by atoms with Crippen LogP contribution in [-0.4, -0.2) is 28.4 Å². The van der Waals surface area contributed by atoms with Gasteiger partial charge in [0.25, 0.3) is 5.91 Å². The quantitative estimate of drug-likeness (QED) is 0.828. The molecule has 0 radical (unpaired) electrons. The standard InChI is InChI=1S/C21H24N2O/c24-21(19-11-6-7-14-22-19)23-15-13-17(16-8-2-1-3-9-16)18-10-4-5-12-20(18)23/h1-3,6-9,11,14,17-18,20H,4-5,10,12-13,15H2. The molecule has 0 N–H and O–H groups in total. The van der Waals surface area contributed by atoms with Gasteiger partial charge >= 0.3 is 0 Å². The Labute approximate surface area is 143 Å². The Balaban J connectivity index is 1.60. The highest BCUT2D eigenvalue weighted by atomic mass is 16.2. The van der Waals surface area contributed by atoms with E-state index in [-0.39, 0.29) is 5.91 Å². The van der Waals surface area contributed by atoms with Crippen molar-refractivity contribution in [3.63, 3.8) is 0 Å². The normalized spacial score (nSPS) is 26.7. The van der Waals surface area contributed by atoms with Crippen molar-refractivity contribution in [2.45, 2.75) is 44.1 Å². The number of carbonyl (C=O) groups is 1. The number of rotatable bonds is 2. The molecule has 1 aliphatic heterocycles. The molecule has 3 atom stereocenters. The van der Waals surface area contributed by atoms with Crippen molar-refractivity contribution in [1.29, 1.82) is 0 Å². The van der Waals surface area contributed by atoms with E-state index in [1.54, 1.807) is 6.20 Å². The first-order chi connectivity index (χ1) is 11.8. The number of fused-ring (bicyclic) bond motifs is 1. The summed E-state index contributed by atoms with van der Waals surface area (Å²) < 4.78 is 0. The van der Waals surface area contributed by atoms with E-state index in [1.807, 2.05) is 18.2 Å². The second kappa shape index (κ2) is 6.76. The zero-order valence-corrected chi connectivity index (χ0v) is 14.0. The Morgan fingerprint density at radius 1 is 0.958 bits per heavy atom. The summed E-state index contributed by atoms with van der Waals surface area (Å²) >= 11 is 0. The van der Waals surface area contributed by atoms with Crippen LogP contribution in [0.4, 0.5) is 0 Å². The van der Waals surface area contributed by atoms with Gasteiger partial charge in [-0.1, -0.05) is 49.2 Å². The molecule has 124 valence electrons. The van der Waals surface area contributed by atoms with E-state index in [9.17, 15) is 4.79 Å². The fourth-order valence-electron chi connectivity index (χ4n) is 4.66. The van der Waals surface area contributed by atoms with E-state index in [1.165, 1.54) is 24.8 Å². The Hall–Kier alpha value is -2.16. The number of hydrogen-bond acceptors (Lipinski definition) is 2. The molecule has 2 fully saturated rings. The molecule has 1 amide bonds. The van der Waals surface area contributed by atoms with E-state index in [4.69, 9.17) is 0 Å². The van der Waals surface area contributed by atoms with E-state index in [2.05, 4.69) is 40.2 Å². The molecule has 3 heteroatoms. The largest absolute Gasteiger partial charge is 0.334 e. The van der Waals surface area contributed by atoms with E-state index >= 15 is 0 Å². The van der Waals surface area contributed by atoms with E-state index < -0.39 is 0 Å². The molecule has 2 heterocycles. The van der Waals surface area contributed by atoms with Gasteiger partial charge < -0.3 is 4.90 Å². The van der Waals surface area contributed by atoms with Gasteiger partial charge in [0.1, 0.15) is 5.69 Å². The van der Waals surface area contributed by atoms with Gasteiger partial charge in [0.05, 0.1) is 0 Å². The molecule has 0 bridgehead atoms. The van der Waals surface area contributed by atoms with Crippen molar-refractivity contribution >= 4 is 5.91 Å². The maximum atomic E-state index is 13.0. The van der Waals surface area contributed by atoms with Crippen LogP contribution in [0.3, 0.4) is 0 Å². The Morgan fingerprint density at radius 3 is 2.54 bits per heavy atom. The number of likely N-dealkylation sites (tertiary alicyclic amines) is 1. The van der Waals surface area contributed by atoms with Gasteiger partial charge in [-0.25, -0.2) is 0 Å². The fourth-order valence-corrected chi connectivity index (χ4v) is 4.66. The summed E-state index contributed by atoms with van der Waals surface area (Å²) in [6, 6.07) is 16.8. The number of hydrogen-bond donors (Lipinski definition) is 0. The maximum Gasteiger partial charge on any atom is 0.272 e. The van der Waals surface area contributed by atoms with Gasteiger partial charge in [-0.2, -0.15) is 0 Å². The fraction of sp³-hybridized carbons (Fsp3) is 0.429. The van der Waals surface area contributed by atoms with Crippen LogP contribution in [-0.2, 0) is 0 Å². The van der Waals surface area contributed by atoms with Gasteiger partial charge in [-0.15, -0.1) is 0 Å². The second-order valence-electron chi connectivity index (χ2n) is 7.04. The van der Waals surface area contributed by atoms with Crippen LogP contribution >= 0.6 is 0 Å². The van der Waals surface area contributed by atoms with Gasteiger partial charge in [-0.3, -0.25) is 9.78 Å². The van der Waals surface area contributed by atoms with Crippen LogP contribution in [0.15, 0.2) is 54.7 Å². The number of amides is 1. The molecule has 1 saturated carbocycles. The monoisotopic (exact) mass is 320 g/mol. The van der Waals surface area contributed by atoms with Crippen LogP contribution in [0.2, 0.25) is 0 Å². The van der Waals surface area contributed by atoms with Gasteiger partial charge in [0, 0.05) is 18.8 Å². The number of carbonyl (C=O) groups excluding carboxylic acids is 1. The average Bonchev–Trinajstić information content (AvgIpc) is 2.68. The molecule has 4 rings (SSSR count). The number of piperidine rings is 1. The van der Waals surface area contributed by atoms with Gasteiger partial charge in [0.15, 0.2) is 0 Å². The Bertz CT molecular complexity index is 685. The van der Waals surface area contributed by atoms with Crippen molar-refractivity contribution in [2.24, 2.45) is 5.92 Å². The summed E-state index contributed by atoms with van der Waals surface area (Å²) in [6.45, 7) is 0.843. The summed E-state index contributed by atoms with van der Waals surface area (Å²) in [4.78, 5) is 19.4. The molecule has 2 aliphatic rings. The van der Waals surface area contributed by atoms with E-state index in [0.29, 0.717) is 23.6 Å². The Morgan fingerprint density at radius 2 is 1.75 bits per heavy atom. The number of benzene rings is 1. The van der Waals surface area contributed by atoms with Crippen LogP contribution < -0.4 is 0 Å². The summed E-state index contributed by atoms with van der Waals surface area (Å²) in [6.07, 6.45) is 7.65. The third-order valence-corrected chi connectivity index (χ3v) is 5.75. The first kappa shape index (κ1) is 15.4. The van der Waals surface area contributed by atoms with Crippen molar-refractivity contribution in [1.82, 2.24) is 9.88 Å². The zero-order valence-electron chi connectivity index (χ0n) is 14.0. The summed E-state index contributed by atoms with van der Waals surface area (Å²) in [7, 11) is 0. The lowest BCUT2D eigenvalue weighted by Gasteiger charge is -2.48. The molecule has 1 aromatic carbocycles. The molecule has 24 heavy (non-hydrogen) atoms. The highest BCUT2D eigenvalue weighted by molar-refractivity contribution is 5.92. The minimum atomic E-state index is 0.110. The highest BCUT2D eigenvalue weighted by Crippen LogP contribution is 2.44. The average molecular weight is 320 g/mol. The predicted molar refractivity (Wildman–Crippen MR) is 94.8 cm³/mol. The molecular weight excluding hydrogens is 296 g/mol. The SMILES string of the molecule is O=C(c1ccccn1)N1CCC(c2ccccc2)C2CCCCC21. The minimum Gasteiger partial charge on any atom is -0.334 e. The van der Waals surface area contributed by atoms with Crippen LogP contribution in [0.1, 0.15) is 54.1 Å². The molecule has 3 unspecified atom stereocenters. The molecule has 0 spiro atoms. The lowest BCUT2D eigenvalue weighted by molar-refractivity contribution is 0.0314. The van der Waals surface area contributed by atoms with Crippen molar-refractivity contribution in [3.8, 4) is 0 Å². The maximum absolute atomic E-state index is 13.0. The zero-order chi connectivity index (χ0) is 16.4. The van der Waals surface area contributed by atoms with E-state index in [0.717, 1.165) is 19.4 Å². The third-order valence-electron chi connectivity index (χ3n) is 5.75. The van der Waals surface area contributed by atoms with Crippen molar-refractivity contribution in [3.05, 3.63) is 66.0 Å². The number of aromatic nitrogens is 1.